The summed E-state index contributed by atoms with van der Waals surface area (Å²) in [5, 5.41) is 20.5. The SMILES string of the molecule is CCOc1c(/C=C/C(=O)c2ccc(O)cc2)cc(C(C)(C)C)c(O)c1C(C)(C)C. The standard InChI is InChI=1S/C25H32O4/c1-8-29-23-17(11-14-20(27)16-9-12-18(26)13-10-16)15-19(24(2,3)4)22(28)21(23)25(5,6)7/h9-15,26,28H,8H2,1-7H3/b14-11+. The minimum atomic E-state index is -0.348. The minimum Gasteiger partial charge on any atom is -0.508 e. The predicted molar refractivity (Wildman–Crippen MR) is 118 cm³/mol. The summed E-state index contributed by atoms with van der Waals surface area (Å²) >= 11 is 0. The molecule has 0 aliphatic heterocycles. The van der Waals surface area contributed by atoms with E-state index in [1.807, 2.05) is 54.5 Å². The van der Waals surface area contributed by atoms with E-state index in [4.69, 9.17) is 4.74 Å². The summed E-state index contributed by atoms with van der Waals surface area (Å²) in [6.07, 6.45) is 3.24. The molecule has 0 spiro atoms. The Morgan fingerprint density at radius 2 is 1.59 bits per heavy atom. The van der Waals surface area contributed by atoms with E-state index in [2.05, 4.69) is 0 Å². The van der Waals surface area contributed by atoms with Gasteiger partial charge in [-0.15, -0.1) is 0 Å². The Morgan fingerprint density at radius 3 is 2.07 bits per heavy atom. The molecule has 2 aromatic carbocycles. The summed E-state index contributed by atoms with van der Waals surface area (Å²) < 4.78 is 5.94. The van der Waals surface area contributed by atoms with Crippen LogP contribution in [0.1, 0.15) is 75.5 Å². The summed E-state index contributed by atoms with van der Waals surface area (Å²) in [4.78, 5) is 12.6. The van der Waals surface area contributed by atoms with Crippen LogP contribution in [-0.2, 0) is 10.8 Å². The van der Waals surface area contributed by atoms with Gasteiger partial charge < -0.3 is 14.9 Å². The molecule has 4 nitrogen and oxygen atoms in total. The van der Waals surface area contributed by atoms with Gasteiger partial charge in [-0.05, 0) is 60.2 Å². The van der Waals surface area contributed by atoms with Gasteiger partial charge >= 0.3 is 0 Å². The molecule has 0 fully saturated rings. The number of hydrogen-bond acceptors (Lipinski definition) is 4. The Morgan fingerprint density at radius 1 is 1.00 bits per heavy atom. The number of carbonyl (C=O) groups excluding carboxylic acids is 1. The molecule has 0 radical (unpaired) electrons. The third-order valence-electron chi connectivity index (χ3n) is 4.69. The van der Waals surface area contributed by atoms with Crippen LogP contribution in [-0.4, -0.2) is 22.6 Å². The van der Waals surface area contributed by atoms with E-state index in [1.54, 1.807) is 18.2 Å². The number of benzene rings is 2. The van der Waals surface area contributed by atoms with Crippen molar-refractivity contribution in [1.29, 1.82) is 0 Å². The van der Waals surface area contributed by atoms with Crippen LogP contribution in [0.25, 0.3) is 6.08 Å². The summed E-state index contributed by atoms with van der Waals surface area (Å²) in [6, 6.07) is 8.05. The predicted octanol–water partition coefficient (Wildman–Crippen LogP) is 5.99. The number of phenols is 2. The first kappa shape index (κ1) is 22.5. The molecule has 0 aromatic heterocycles. The molecule has 0 bridgehead atoms. The van der Waals surface area contributed by atoms with Crippen LogP contribution in [0.4, 0.5) is 0 Å². The Balaban J connectivity index is 2.65. The number of aromatic hydroxyl groups is 2. The van der Waals surface area contributed by atoms with Crippen molar-refractivity contribution >= 4 is 11.9 Å². The highest BCUT2D eigenvalue weighted by atomic mass is 16.5. The quantitative estimate of drug-likeness (QED) is 0.481. The monoisotopic (exact) mass is 396 g/mol. The summed E-state index contributed by atoms with van der Waals surface area (Å²) in [6.45, 7) is 14.6. The van der Waals surface area contributed by atoms with Crippen molar-refractivity contribution < 1.29 is 19.7 Å². The second-order valence-electron chi connectivity index (χ2n) is 9.24. The molecule has 2 N–H and O–H groups in total. The highest BCUT2D eigenvalue weighted by Crippen LogP contribution is 2.46. The fourth-order valence-corrected chi connectivity index (χ4v) is 3.25. The van der Waals surface area contributed by atoms with Crippen LogP contribution < -0.4 is 4.74 Å². The first-order chi connectivity index (χ1) is 13.4. The first-order valence-electron chi connectivity index (χ1n) is 9.91. The third-order valence-corrected chi connectivity index (χ3v) is 4.69. The number of carbonyl (C=O) groups is 1. The summed E-state index contributed by atoms with van der Waals surface area (Å²) in [5.74, 6) is 0.790. The van der Waals surface area contributed by atoms with Crippen LogP contribution in [0.5, 0.6) is 17.2 Å². The highest BCUT2D eigenvalue weighted by Gasteiger charge is 2.31. The molecule has 0 unspecified atom stereocenters. The van der Waals surface area contributed by atoms with Gasteiger partial charge in [-0.2, -0.15) is 0 Å². The maximum absolute atomic E-state index is 12.6. The molecule has 0 saturated heterocycles. The average Bonchev–Trinajstić information content (AvgIpc) is 2.59. The van der Waals surface area contributed by atoms with E-state index in [-0.39, 0.29) is 28.1 Å². The average molecular weight is 397 g/mol. The van der Waals surface area contributed by atoms with Crippen molar-refractivity contribution in [2.45, 2.75) is 59.3 Å². The van der Waals surface area contributed by atoms with E-state index in [0.717, 1.165) is 16.7 Å². The Labute approximate surface area is 173 Å². The lowest BCUT2D eigenvalue weighted by Crippen LogP contribution is -2.19. The molecule has 0 amide bonds. The largest absolute Gasteiger partial charge is 0.508 e. The molecular formula is C25H32O4. The number of ketones is 1. The van der Waals surface area contributed by atoms with Gasteiger partial charge in [-0.1, -0.05) is 41.5 Å². The van der Waals surface area contributed by atoms with Gasteiger partial charge in [0.25, 0.3) is 0 Å². The molecule has 0 aliphatic rings. The van der Waals surface area contributed by atoms with E-state index >= 15 is 0 Å². The molecule has 156 valence electrons. The molecular weight excluding hydrogens is 364 g/mol. The van der Waals surface area contributed by atoms with Gasteiger partial charge in [0.1, 0.15) is 17.2 Å². The molecule has 4 heteroatoms. The van der Waals surface area contributed by atoms with Gasteiger partial charge in [0.05, 0.1) is 6.61 Å². The second kappa shape index (κ2) is 8.32. The number of rotatable bonds is 5. The van der Waals surface area contributed by atoms with Crippen LogP contribution in [0, 0.1) is 0 Å². The Kier molecular flexibility index (Phi) is 6.46. The number of phenolic OH excluding ortho intramolecular Hbond substituents is 2. The van der Waals surface area contributed by atoms with Crippen molar-refractivity contribution in [2.75, 3.05) is 6.61 Å². The van der Waals surface area contributed by atoms with Gasteiger partial charge in [0, 0.05) is 22.3 Å². The second-order valence-corrected chi connectivity index (χ2v) is 9.24. The zero-order valence-electron chi connectivity index (χ0n) is 18.5. The van der Waals surface area contributed by atoms with Crippen LogP contribution >= 0.6 is 0 Å². The molecule has 2 aromatic rings. The van der Waals surface area contributed by atoms with Gasteiger partial charge in [0.15, 0.2) is 5.78 Å². The Hall–Kier alpha value is -2.75. The molecule has 0 saturated carbocycles. The van der Waals surface area contributed by atoms with Crippen molar-refractivity contribution in [1.82, 2.24) is 0 Å². The molecule has 0 heterocycles. The van der Waals surface area contributed by atoms with Gasteiger partial charge in [0.2, 0.25) is 0 Å². The van der Waals surface area contributed by atoms with Crippen molar-refractivity contribution in [3.8, 4) is 17.2 Å². The zero-order chi connectivity index (χ0) is 22.0. The fourth-order valence-electron chi connectivity index (χ4n) is 3.25. The van der Waals surface area contributed by atoms with E-state index < -0.39 is 0 Å². The molecule has 29 heavy (non-hydrogen) atoms. The lowest BCUT2D eigenvalue weighted by molar-refractivity contribution is 0.104. The van der Waals surface area contributed by atoms with E-state index in [1.165, 1.54) is 18.2 Å². The van der Waals surface area contributed by atoms with Crippen LogP contribution in [0.3, 0.4) is 0 Å². The summed E-state index contributed by atoms with van der Waals surface area (Å²) in [7, 11) is 0. The molecule has 2 rings (SSSR count). The normalized spacial score (nSPS) is 12.4. The summed E-state index contributed by atoms with van der Waals surface area (Å²) in [5.41, 5.74) is 2.17. The van der Waals surface area contributed by atoms with Crippen molar-refractivity contribution in [2.24, 2.45) is 0 Å². The maximum atomic E-state index is 12.6. The van der Waals surface area contributed by atoms with E-state index in [9.17, 15) is 15.0 Å². The minimum absolute atomic E-state index is 0.118. The van der Waals surface area contributed by atoms with Crippen LogP contribution in [0.15, 0.2) is 36.4 Å². The van der Waals surface area contributed by atoms with Crippen molar-refractivity contribution in [3.63, 3.8) is 0 Å². The fraction of sp³-hybridized carbons (Fsp3) is 0.400. The van der Waals surface area contributed by atoms with Gasteiger partial charge in [-0.3, -0.25) is 4.79 Å². The van der Waals surface area contributed by atoms with Crippen molar-refractivity contribution in [3.05, 3.63) is 58.7 Å². The zero-order valence-corrected chi connectivity index (χ0v) is 18.5. The molecule has 0 aliphatic carbocycles. The topological polar surface area (TPSA) is 66.8 Å². The first-order valence-corrected chi connectivity index (χ1v) is 9.91. The third kappa shape index (κ3) is 5.20. The van der Waals surface area contributed by atoms with Gasteiger partial charge in [-0.25, -0.2) is 0 Å². The van der Waals surface area contributed by atoms with Crippen LogP contribution in [0.2, 0.25) is 0 Å². The van der Waals surface area contributed by atoms with E-state index in [0.29, 0.717) is 17.9 Å². The lowest BCUT2D eigenvalue weighted by atomic mass is 9.77. The lowest BCUT2D eigenvalue weighted by Gasteiger charge is -2.30. The number of ether oxygens (including phenoxy) is 1. The Bertz CT molecular complexity index is 908. The highest BCUT2D eigenvalue weighted by molar-refractivity contribution is 6.07. The number of hydrogen-bond donors (Lipinski definition) is 2. The smallest absolute Gasteiger partial charge is 0.185 e. The molecule has 0 atom stereocenters. The maximum Gasteiger partial charge on any atom is 0.185 e. The number of allylic oxidation sites excluding steroid dienone is 1.